The largest absolute Gasteiger partial charge is 0.468 e. The maximum Gasteiger partial charge on any atom is 0.422 e. The Morgan fingerprint density at radius 1 is 1.33 bits per heavy atom. The number of rotatable bonds is 8. The number of alkyl halides is 3. The van der Waals surface area contributed by atoms with Crippen LogP contribution in [-0.4, -0.2) is 52.1 Å². The Morgan fingerprint density at radius 3 is 2.85 bits per heavy atom. The number of halogens is 3. The highest BCUT2D eigenvalue weighted by Crippen LogP contribution is 2.19. The molecule has 11 heteroatoms. The number of ether oxygens (including phenoxy) is 1. The summed E-state index contributed by atoms with van der Waals surface area (Å²) in [7, 11) is 1.61. The maximum atomic E-state index is 12.3. The molecular weight excluding hydrogens is 363 g/mol. The quantitative estimate of drug-likeness (QED) is 0.529. The highest BCUT2D eigenvalue weighted by Gasteiger charge is 2.29. The molecule has 2 aromatic rings. The Kier molecular flexibility index (Phi) is 7.38. The van der Waals surface area contributed by atoms with Crippen LogP contribution < -0.4 is 15.4 Å². The molecule has 27 heavy (non-hydrogen) atoms. The molecule has 2 rings (SSSR count). The van der Waals surface area contributed by atoms with Crippen LogP contribution in [0.25, 0.3) is 0 Å². The minimum atomic E-state index is -4.42. The van der Waals surface area contributed by atoms with Crippen molar-refractivity contribution in [3.63, 3.8) is 0 Å². The third-order valence-corrected chi connectivity index (χ3v) is 3.55. The van der Waals surface area contributed by atoms with Crippen molar-refractivity contribution in [3.8, 4) is 5.88 Å². The lowest BCUT2D eigenvalue weighted by atomic mass is 10.2. The summed E-state index contributed by atoms with van der Waals surface area (Å²) in [6, 6.07) is 3.27. The van der Waals surface area contributed by atoms with Crippen molar-refractivity contribution < 1.29 is 17.9 Å². The molecule has 0 unspecified atom stereocenters. The van der Waals surface area contributed by atoms with Crippen molar-refractivity contribution in [1.82, 2.24) is 30.4 Å². The Labute approximate surface area is 154 Å². The number of aryl methyl sites for hydroxylation is 1. The maximum absolute atomic E-state index is 12.3. The van der Waals surface area contributed by atoms with E-state index in [9.17, 15) is 13.2 Å². The summed E-state index contributed by atoms with van der Waals surface area (Å²) in [6.07, 6.45) is -0.586. The lowest BCUT2D eigenvalue weighted by Gasteiger charge is -2.15. The van der Waals surface area contributed by atoms with Crippen LogP contribution in [0.1, 0.15) is 18.3 Å². The van der Waals surface area contributed by atoms with Crippen LogP contribution in [-0.2, 0) is 19.5 Å². The van der Waals surface area contributed by atoms with E-state index in [-0.39, 0.29) is 12.4 Å². The Balaban J connectivity index is 1.85. The number of nitrogens with zero attached hydrogens (tertiary/aromatic N) is 5. The average Bonchev–Trinajstić information content (AvgIpc) is 3.10. The first-order valence-electron chi connectivity index (χ1n) is 8.37. The van der Waals surface area contributed by atoms with Gasteiger partial charge in [-0.1, -0.05) is 13.0 Å². The van der Waals surface area contributed by atoms with Gasteiger partial charge >= 0.3 is 6.18 Å². The molecular formula is C16H22F3N7O. The van der Waals surface area contributed by atoms with Crippen LogP contribution in [0.3, 0.4) is 0 Å². The van der Waals surface area contributed by atoms with Crippen molar-refractivity contribution in [1.29, 1.82) is 0 Å². The molecule has 0 atom stereocenters. The average molecular weight is 385 g/mol. The number of nitrogens with one attached hydrogen (secondary N) is 2. The van der Waals surface area contributed by atoms with Crippen LogP contribution in [0.4, 0.5) is 13.2 Å². The highest BCUT2D eigenvalue weighted by molar-refractivity contribution is 5.79. The predicted octanol–water partition coefficient (Wildman–Crippen LogP) is 1.54. The Morgan fingerprint density at radius 2 is 2.15 bits per heavy atom. The van der Waals surface area contributed by atoms with E-state index in [4.69, 9.17) is 4.74 Å². The number of hydrogen-bond acceptors (Lipinski definition) is 5. The van der Waals surface area contributed by atoms with Crippen LogP contribution in [0, 0.1) is 0 Å². The predicted molar refractivity (Wildman–Crippen MR) is 93.4 cm³/mol. The number of aromatic nitrogens is 4. The fraction of sp³-hybridized carbons (Fsp3) is 0.500. The van der Waals surface area contributed by atoms with E-state index in [0.717, 1.165) is 12.2 Å². The molecule has 0 aliphatic rings. The van der Waals surface area contributed by atoms with E-state index in [1.54, 1.807) is 25.5 Å². The monoisotopic (exact) mass is 385 g/mol. The smallest absolute Gasteiger partial charge is 0.422 e. The highest BCUT2D eigenvalue weighted by atomic mass is 19.4. The van der Waals surface area contributed by atoms with Crippen LogP contribution >= 0.6 is 0 Å². The number of aliphatic imine (C=N–C) groups is 1. The van der Waals surface area contributed by atoms with Gasteiger partial charge in [0.2, 0.25) is 5.88 Å². The molecule has 2 N–H and O–H groups in total. The van der Waals surface area contributed by atoms with Crippen molar-refractivity contribution >= 4 is 5.96 Å². The van der Waals surface area contributed by atoms with Gasteiger partial charge in [0.1, 0.15) is 12.2 Å². The topological polar surface area (TPSA) is 89.2 Å². The van der Waals surface area contributed by atoms with E-state index in [2.05, 4.69) is 30.8 Å². The molecule has 0 bridgehead atoms. The number of guanidine groups is 1. The zero-order chi connectivity index (χ0) is 19.7. The Hall–Kier alpha value is -2.85. The van der Waals surface area contributed by atoms with Gasteiger partial charge in [0, 0.05) is 44.9 Å². The van der Waals surface area contributed by atoms with Crippen LogP contribution in [0.15, 0.2) is 29.6 Å². The lowest BCUT2D eigenvalue weighted by Crippen LogP contribution is -2.38. The molecule has 0 saturated carbocycles. The minimum absolute atomic E-state index is 0.0603. The molecule has 8 nitrogen and oxygen atoms in total. The fourth-order valence-corrected chi connectivity index (χ4v) is 2.27. The zero-order valence-corrected chi connectivity index (χ0v) is 15.1. The van der Waals surface area contributed by atoms with E-state index in [1.165, 1.54) is 6.20 Å². The molecule has 2 aromatic heterocycles. The fourth-order valence-electron chi connectivity index (χ4n) is 2.27. The van der Waals surface area contributed by atoms with Crippen LogP contribution in [0.5, 0.6) is 5.88 Å². The summed E-state index contributed by atoms with van der Waals surface area (Å²) >= 11 is 0. The summed E-state index contributed by atoms with van der Waals surface area (Å²) in [5.74, 6) is 1.34. The summed E-state index contributed by atoms with van der Waals surface area (Å²) in [5, 5.41) is 14.0. The van der Waals surface area contributed by atoms with Gasteiger partial charge in [-0.2, -0.15) is 13.2 Å². The molecule has 0 spiro atoms. The molecule has 0 amide bonds. The summed E-state index contributed by atoms with van der Waals surface area (Å²) in [6.45, 7) is 2.07. The zero-order valence-electron chi connectivity index (χ0n) is 15.1. The van der Waals surface area contributed by atoms with E-state index < -0.39 is 12.8 Å². The molecule has 0 aliphatic heterocycles. The van der Waals surface area contributed by atoms with Crippen molar-refractivity contribution in [3.05, 3.63) is 36.0 Å². The van der Waals surface area contributed by atoms with Gasteiger partial charge in [-0.15, -0.1) is 10.2 Å². The first-order valence-corrected chi connectivity index (χ1v) is 8.37. The van der Waals surface area contributed by atoms with Crippen molar-refractivity contribution in [2.45, 2.75) is 32.6 Å². The normalized spacial score (nSPS) is 12.1. The molecule has 2 heterocycles. The third kappa shape index (κ3) is 6.76. The van der Waals surface area contributed by atoms with Crippen molar-refractivity contribution in [2.75, 3.05) is 20.2 Å². The molecule has 0 saturated heterocycles. The van der Waals surface area contributed by atoms with Gasteiger partial charge in [-0.25, -0.2) is 4.98 Å². The van der Waals surface area contributed by atoms with Crippen molar-refractivity contribution in [2.24, 2.45) is 4.99 Å². The second-order valence-corrected chi connectivity index (χ2v) is 5.52. The van der Waals surface area contributed by atoms with E-state index in [1.807, 2.05) is 11.5 Å². The summed E-state index contributed by atoms with van der Waals surface area (Å²) in [4.78, 5) is 7.95. The van der Waals surface area contributed by atoms with Gasteiger partial charge in [-0.05, 0) is 6.07 Å². The standard InChI is InChI=1S/C16H22F3N7O/c1-3-13-25-24-11-26(13)8-7-22-15(20-2)23-9-12-5-4-6-21-14(12)27-10-16(17,18)19/h4-6,11H,3,7-10H2,1-2H3,(H2,20,22,23). The number of hydrogen-bond donors (Lipinski definition) is 2. The van der Waals surface area contributed by atoms with E-state index in [0.29, 0.717) is 24.6 Å². The minimum Gasteiger partial charge on any atom is -0.468 e. The molecule has 148 valence electrons. The SMILES string of the molecule is CCc1nncn1CCNC(=NC)NCc1cccnc1OCC(F)(F)F. The number of pyridine rings is 1. The second kappa shape index (κ2) is 9.74. The van der Waals surface area contributed by atoms with Gasteiger partial charge in [0.15, 0.2) is 12.6 Å². The first-order chi connectivity index (χ1) is 12.9. The summed E-state index contributed by atoms with van der Waals surface area (Å²) in [5.41, 5.74) is 0.497. The van der Waals surface area contributed by atoms with Gasteiger partial charge in [0.05, 0.1) is 0 Å². The van der Waals surface area contributed by atoms with Gasteiger partial charge in [0.25, 0.3) is 0 Å². The lowest BCUT2D eigenvalue weighted by molar-refractivity contribution is -0.154. The molecule has 0 radical (unpaired) electrons. The second-order valence-electron chi connectivity index (χ2n) is 5.52. The van der Waals surface area contributed by atoms with Gasteiger partial charge in [-0.3, -0.25) is 4.99 Å². The summed E-state index contributed by atoms with van der Waals surface area (Å²) < 4.78 is 43.7. The molecule has 0 fully saturated rings. The molecule has 0 aromatic carbocycles. The molecule has 0 aliphatic carbocycles. The first kappa shape index (κ1) is 20.5. The van der Waals surface area contributed by atoms with Gasteiger partial charge < -0.3 is 19.9 Å². The Bertz CT molecular complexity index is 746. The third-order valence-electron chi connectivity index (χ3n) is 3.55. The van der Waals surface area contributed by atoms with E-state index >= 15 is 0 Å². The van der Waals surface area contributed by atoms with Crippen LogP contribution in [0.2, 0.25) is 0 Å².